The summed E-state index contributed by atoms with van der Waals surface area (Å²) in [5.74, 6) is 0. The third-order valence-corrected chi connectivity index (χ3v) is 22.8. The van der Waals surface area contributed by atoms with Crippen LogP contribution in [0.4, 0.5) is 45.5 Å². The maximum Gasteiger partial charge on any atom is 0.252 e. The van der Waals surface area contributed by atoms with Gasteiger partial charge in [-0.3, -0.25) is 0 Å². The van der Waals surface area contributed by atoms with Crippen LogP contribution in [-0.2, 0) is 37.9 Å². The zero-order valence-corrected chi connectivity index (χ0v) is 50.2. The van der Waals surface area contributed by atoms with Crippen LogP contribution in [0.5, 0.6) is 0 Å². The number of rotatable bonds is 3. The molecule has 5 heteroatoms. The van der Waals surface area contributed by atoms with Gasteiger partial charge in [-0.05, 0) is 207 Å². The van der Waals surface area contributed by atoms with Gasteiger partial charge in [0.15, 0.2) is 0 Å². The lowest BCUT2D eigenvalue weighted by atomic mass is 9.32. The highest BCUT2D eigenvalue weighted by Crippen LogP contribution is 2.63. The third kappa shape index (κ3) is 6.51. The van der Waals surface area contributed by atoms with Crippen molar-refractivity contribution in [2.24, 2.45) is 0 Å². The normalized spacial score (nSPS) is 24.5. The highest BCUT2D eigenvalue weighted by Gasteiger charge is 2.58. The molecule has 2 unspecified atom stereocenters. The van der Waals surface area contributed by atoms with Crippen LogP contribution in [0.15, 0.2) is 120 Å². The van der Waals surface area contributed by atoms with E-state index in [9.17, 15) is 0 Å². The Labute approximate surface area is 472 Å². The van der Waals surface area contributed by atoms with E-state index in [1.54, 1.807) is 0 Å². The molecule has 0 bridgehead atoms. The largest absolute Gasteiger partial charge is 0.456 e. The van der Waals surface area contributed by atoms with Crippen LogP contribution in [0.1, 0.15) is 199 Å². The number of aryl methyl sites for hydroxylation is 1. The number of furan rings is 1. The van der Waals surface area contributed by atoms with Crippen LogP contribution in [0.3, 0.4) is 0 Å². The summed E-state index contributed by atoms with van der Waals surface area (Å²) >= 11 is 0. The summed E-state index contributed by atoms with van der Waals surface area (Å²) < 4.78 is 6.86. The second-order valence-electron chi connectivity index (χ2n) is 30.5. The number of nitrogens with zero attached hydrogens (tertiary/aromatic N) is 3. The zero-order valence-electron chi connectivity index (χ0n) is 50.2. The van der Waals surface area contributed by atoms with E-state index in [2.05, 4.69) is 234 Å². The number of hydrogen-bond donors (Lipinski definition) is 0. The second-order valence-corrected chi connectivity index (χ2v) is 30.5. The molecule has 1 saturated carbocycles. The molecule has 0 saturated heterocycles. The van der Waals surface area contributed by atoms with Gasteiger partial charge in [0.1, 0.15) is 11.2 Å². The minimum absolute atomic E-state index is 0.00410. The zero-order chi connectivity index (χ0) is 55.1. The van der Waals surface area contributed by atoms with E-state index in [4.69, 9.17) is 4.42 Å². The SMILES string of the molecule is Cc1cc2c(cc1N1c3cc4c(cc3B3c5cc6c(cc5N(c5cccc7oc8ccccc8c57)c5cc(N7c8ccccc8C8(C)CCCCC78C)cc1c53)C(C)(C)CCC6(C)C)C(C)(C)CCC4(C)C)C(C)(C)CC2(C)C. The minimum atomic E-state index is -0.146. The Morgan fingerprint density at radius 3 is 1.51 bits per heavy atom. The Bertz CT molecular complexity index is 3990. The lowest BCUT2D eigenvalue weighted by Crippen LogP contribution is -2.62. The van der Waals surface area contributed by atoms with Gasteiger partial charge >= 0.3 is 0 Å². The van der Waals surface area contributed by atoms with E-state index in [-0.39, 0.29) is 50.2 Å². The molecule has 4 heterocycles. The summed E-state index contributed by atoms with van der Waals surface area (Å²) in [5, 5.41) is 2.32. The van der Waals surface area contributed by atoms with Crippen molar-refractivity contribution in [2.75, 3.05) is 14.7 Å². The number of para-hydroxylation sites is 2. The van der Waals surface area contributed by atoms with Crippen molar-refractivity contribution in [1.29, 1.82) is 0 Å². The molecule has 0 spiro atoms. The summed E-state index contributed by atoms with van der Waals surface area (Å²) in [5.41, 5.74) is 28.3. The van der Waals surface area contributed by atoms with Gasteiger partial charge in [0, 0.05) is 50.6 Å². The molecule has 0 radical (unpaired) electrons. The number of hydrogen-bond acceptors (Lipinski definition) is 4. The highest BCUT2D eigenvalue weighted by molar-refractivity contribution is 7.00. The van der Waals surface area contributed by atoms with Crippen molar-refractivity contribution < 1.29 is 4.42 Å². The van der Waals surface area contributed by atoms with E-state index in [0.717, 1.165) is 48.7 Å². The first-order chi connectivity index (χ1) is 37.3. The van der Waals surface area contributed by atoms with Crippen LogP contribution in [-0.4, -0.2) is 12.3 Å². The highest BCUT2D eigenvalue weighted by atomic mass is 16.3. The van der Waals surface area contributed by atoms with Crippen molar-refractivity contribution in [1.82, 2.24) is 0 Å². The van der Waals surface area contributed by atoms with Crippen LogP contribution in [0, 0.1) is 6.92 Å². The topological polar surface area (TPSA) is 22.9 Å². The van der Waals surface area contributed by atoms with Gasteiger partial charge in [-0.1, -0.05) is 164 Å². The molecule has 0 amide bonds. The Balaban J connectivity index is 1.14. The molecule has 4 nitrogen and oxygen atoms in total. The molecule has 3 aliphatic heterocycles. The van der Waals surface area contributed by atoms with Gasteiger partial charge < -0.3 is 19.1 Å². The Morgan fingerprint density at radius 1 is 0.405 bits per heavy atom. The smallest absolute Gasteiger partial charge is 0.252 e. The van der Waals surface area contributed by atoms with E-state index >= 15 is 0 Å². The van der Waals surface area contributed by atoms with Crippen LogP contribution in [0.25, 0.3) is 21.9 Å². The lowest BCUT2D eigenvalue weighted by molar-refractivity contribution is 0.195. The van der Waals surface area contributed by atoms with Gasteiger partial charge in [0.25, 0.3) is 6.71 Å². The lowest BCUT2D eigenvalue weighted by Gasteiger charge is -2.52. The van der Waals surface area contributed by atoms with Crippen molar-refractivity contribution in [3.8, 4) is 0 Å². The van der Waals surface area contributed by atoms with Crippen molar-refractivity contribution in [3.63, 3.8) is 0 Å². The van der Waals surface area contributed by atoms with Gasteiger partial charge in [0.2, 0.25) is 0 Å². The molecular weight excluding hydrogens is 958 g/mol. The average molecular weight is 1040 g/mol. The quantitative estimate of drug-likeness (QED) is 0.165. The van der Waals surface area contributed by atoms with Gasteiger partial charge in [-0.15, -0.1) is 0 Å². The molecule has 1 fully saturated rings. The van der Waals surface area contributed by atoms with Crippen molar-refractivity contribution in [2.45, 2.75) is 205 Å². The molecule has 7 aromatic carbocycles. The van der Waals surface area contributed by atoms with E-state index < -0.39 is 0 Å². The van der Waals surface area contributed by atoms with Crippen molar-refractivity contribution >= 4 is 90.5 Å². The maximum atomic E-state index is 6.86. The fourth-order valence-corrected chi connectivity index (χ4v) is 18.1. The van der Waals surface area contributed by atoms with Crippen molar-refractivity contribution in [3.05, 3.63) is 160 Å². The molecule has 15 rings (SSSR count). The van der Waals surface area contributed by atoms with Gasteiger partial charge in [0.05, 0.1) is 16.6 Å². The van der Waals surface area contributed by atoms with Gasteiger partial charge in [-0.2, -0.15) is 0 Å². The van der Waals surface area contributed by atoms with Crippen LogP contribution in [0.2, 0.25) is 0 Å². The van der Waals surface area contributed by atoms with Crippen LogP contribution < -0.4 is 31.1 Å². The van der Waals surface area contributed by atoms with Gasteiger partial charge in [-0.25, -0.2) is 0 Å². The molecule has 7 aliphatic rings. The van der Waals surface area contributed by atoms with E-state index in [1.165, 1.54) is 137 Å². The predicted molar refractivity (Wildman–Crippen MR) is 337 cm³/mol. The average Bonchev–Trinajstić information content (AvgIpc) is 2.87. The summed E-state index contributed by atoms with van der Waals surface area (Å²) in [7, 11) is 0. The van der Waals surface area contributed by atoms with Crippen LogP contribution >= 0.6 is 0 Å². The number of fused-ring (bicyclic) bond motifs is 13. The third-order valence-electron chi connectivity index (χ3n) is 22.8. The Hall–Kier alpha value is -6.20. The Morgan fingerprint density at radius 2 is 0.886 bits per heavy atom. The maximum absolute atomic E-state index is 6.86. The standard InChI is InChI=1S/C74H82BN3O/c1-44-35-48-53(72(12,13)43-71(48,10)11)40-58(44)77-60-42-52-50(68(4,5)32-34-70(52,8)9)39-55(60)75-54-38-49-51(69(6,7)33-31-67(49,2)3)41-59(54)76(57-26-22-28-64-65(57)46-23-16-19-27-63(46)79-64)61-36-45(37-62(77)66(61)75)78-56-25-18-17-24-47(56)73(14)29-20-21-30-74(73,78)15/h16-19,22-28,35-42H,20-21,29-34,43H2,1-15H3. The molecule has 0 N–H and O–H groups in total. The summed E-state index contributed by atoms with van der Waals surface area (Å²) in [6.07, 6.45) is 10.6. The fraction of sp³-hybridized carbons (Fsp3) is 0.432. The second kappa shape index (κ2) is 15.6. The molecule has 2 atom stereocenters. The first kappa shape index (κ1) is 49.8. The number of anilines is 8. The molecule has 79 heavy (non-hydrogen) atoms. The first-order valence-corrected chi connectivity index (χ1v) is 30.4. The Kier molecular flexibility index (Phi) is 9.85. The minimum Gasteiger partial charge on any atom is -0.456 e. The molecule has 402 valence electrons. The summed E-state index contributed by atoms with van der Waals surface area (Å²) in [6.45, 7) is 37.7. The molecule has 4 aliphatic carbocycles. The fourth-order valence-electron chi connectivity index (χ4n) is 18.1. The molecular formula is C74H82BN3O. The summed E-state index contributed by atoms with van der Waals surface area (Å²) in [4.78, 5) is 8.41. The summed E-state index contributed by atoms with van der Waals surface area (Å²) in [6, 6.07) is 46.6. The monoisotopic (exact) mass is 1040 g/mol. The molecule has 1 aromatic heterocycles. The van der Waals surface area contributed by atoms with E-state index in [0.29, 0.717) is 0 Å². The predicted octanol–water partition coefficient (Wildman–Crippen LogP) is 18.4. The van der Waals surface area contributed by atoms with E-state index in [1.807, 2.05) is 0 Å². The first-order valence-electron chi connectivity index (χ1n) is 30.4. The molecule has 8 aromatic rings. The number of benzene rings is 7.